The van der Waals surface area contributed by atoms with E-state index in [1.165, 1.54) is 30.9 Å². The summed E-state index contributed by atoms with van der Waals surface area (Å²) in [6.45, 7) is 3.56. The Morgan fingerprint density at radius 3 is 2.56 bits per heavy atom. The van der Waals surface area contributed by atoms with Crippen molar-refractivity contribution in [3.8, 4) is 22.8 Å². The van der Waals surface area contributed by atoms with E-state index in [0.717, 1.165) is 11.3 Å². The lowest BCUT2D eigenvalue weighted by atomic mass is 9.95. The molecule has 12 heteroatoms. The van der Waals surface area contributed by atoms with Crippen molar-refractivity contribution in [1.82, 2.24) is 4.57 Å². The largest absolute Gasteiger partial charge is 0.497 e. The number of fused-ring (bicyclic) bond motifs is 1. The summed E-state index contributed by atoms with van der Waals surface area (Å²) in [6, 6.07) is 13.7. The molecule has 2 aromatic heterocycles. The second kappa shape index (κ2) is 11.3. The molecule has 2 aromatic carbocycles. The molecular formula is C29H25N3O8S. The Labute approximate surface area is 237 Å². The quantitative estimate of drug-likeness (QED) is 0.175. The molecule has 0 N–H and O–H groups in total. The number of non-ortho nitro benzene ring substituents is 1. The molecule has 11 nitrogen and oxygen atoms in total. The molecule has 0 radical (unpaired) electrons. The standard InChI is InChI=1S/C29H25N3O8S/c1-5-39-28(34)25-16(2)30-29-31(26(25)21-14-19(37-3)10-13-23(21)38-4)27(33)24(41-29)15-20-11-12-22(40-20)17-6-8-18(9-7-17)32(35)36/h6-15,26H,5H2,1-4H3/b24-15+/t26-/m1/s1. The molecule has 0 unspecified atom stereocenters. The predicted octanol–water partition coefficient (Wildman–Crippen LogP) is 3.98. The third kappa shape index (κ3) is 5.16. The molecule has 5 rings (SSSR count). The fraction of sp³-hybridized carbons (Fsp3) is 0.207. The Hall–Kier alpha value is -4.97. The SMILES string of the molecule is CCOC(=O)C1=C(C)N=c2s/c(=C/c3ccc(-c4ccc([N+](=O)[O-])cc4)o3)c(=O)n2[C@@H]1c1cc(OC)ccc1OC. The molecule has 1 aliphatic heterocycles. The van der Waals surface area contributed by atoms with Crippen LogP contribution in [0, 0.1) is 10.1 Å². The number of rotatable bonds is 8. The number of methoxy groups -OCH3 is 2. The highest BCUT2D eigenvalue weighted by molar-refractivity contribution is 7.07. The van der Waals surface area contributed by atoms with Gasteiger partial charge in [0.15, 0.2) is 4.80 Å². The minimum Gasteiger partial charge on any atom is -0.497 e. The number of hydrogen-bond donors (Lipinski definition) is 0. The van der Waals surface area contributed by atoms with Crippen LogP contribution in [0.25, 0.3) is 17.4 Å². The van der Waals surface area contributed by atoms with E-state index in [-0.39, 0.29) is 23.4 Å². The van der Waals surface area contributed by atoms with E-state index in [9.17, 15) is 19.7 Å². The predicted molar refractivity (Wildman–Crippen MR) is 151 cm³/mol. The van der Waals surface area contributed by atoms with Gasteiger partial charge >= 0.3 is 5.97 Å². The molecule has 0 saturated carbocycles. The Balaban J connectivity index is 1.64. The normalized spacial score (nSPS) is 14.8. The second-order valence-corrected chi connectivity index (χ2v) is 9.93. The van der Waals surface area contributed by atoms with Gasteiger partial charge in [-0.3, -0.25) is 19.5 Å². The van der Waals surface area contributed by atoms with Gasteiger partial charge in [-0.2, -0.15) is 0 Å². The van der Waals surface area contributed by atoms with Crippen LogP contribution in [-0.2, 0) is 9.53 Å². The number of ether oxygens (including phenoxy) is 3. The number of aromatic nitrogens is 1. The van der Waals surface area contributed by atoms with Crippen molar-refractivity contribution in [3.05, 3.63) is 107 Å². The molecule has 1 aliphatic rings. The maximum Gasteiger partial charge on any atom is 0.338 e. The lowest BCUT2D eigenvalue weighted by Gasteiger charge is -2.26. The van der Waals surface area contributed by atoms with E-state index in [0.29, 0.717) is 49.2 Å². The maximum absolute atomic E-state index is 13.9. The van der Waals surface area contributed by atoms with Crippen molar-refractivity contribution < 1.29 is 28.3 Å². The molecule has 41 heavy (non-hydrogen) atoms. The summed E-state index contributed by atoms with van der Waals surface area (Å²) in [5, 5.41) is 11.0. The van der Waals surface area contributed by atoms with Crippen LogP contribution in [-0.4, -0.2) is 36.3 Å². The summed E-state index contributed by atoms with van der Waals surface area (Å²) >= 11 is 1.15. The zero-order chi connectivity index (χ0) is 29.3. The first-order valence-electron chi connectivity index (χ1n) is 12.5. The van der Waals surface area contributed by atoms with E-state index in [2.05, 4.69) is 4.99 Å². The average molecular weight is 576 g/mol. The maximum atomic E-state index is 13.9. The smallest absolute Gasteiger partial charge is 0.338 e. The minimum atomic E-state index is -0.884. The number of esters is 1. The van der Waals surface area contributed by atoms with E-state index >= 15 is 0 Å². The van der Waals surface area contributed by atoms with E-state index in [4.69, 9.17) is 18.6 Å². The van der Waals surface area contributed by atoms with Crippen molar-refractivity contribution in [3.63, 3.8) is 0 Å². The lowest BCUT2D eigenvalue weighted by Crippen LogP contribution is -2.40. The lowest BCUT2D eigenvalue weighted by molar-refractivity contribution is -0.384. The number of furan rings is 1. The molecule has 4 aromatic rings. The average Bonchev–Trinajstić information content (AvgIpc) is 3.56. The van der Waals surface area contributed by atoms with Gasteiger partial charge in [0.2, 0.25) is 0 Å². The molecule has 0 aliphatic carbocycles. The third-order valence-electron chi connectivity index (χ3n) is 6.51. The van der Waals surface area contributed by atoms with Crippen molar-refractivity contribution in [1.29, 1.82) is 0 Å². The molecule has 3 heterocycles. The van der Waals surface area contributed by atoms with Crippen molar-refractivity contribution in [2.45, 2.75) is 19.9 Å². The number of carbonyl (C=O) groups is 1. The summed E-state index contributed by atoms with van der Waals surface area (Å²) in [5.74, 6) is 1.28. The monoisotopic (exact) mass is 575 g/mol. The van der Waals surface area contributed by atoms with Gasteiger partial charge in [-0.25, -0.2) is 9.79 Å². The topological polar surface area (TPSA) is 135 Å². The van der Waals surface area contributed by atoms with Crippen LogP contribution in [0.15, 0.2) is 80.1 Å². The first-order chi connectivity index (χ1) is 19.7. The van der Waals surface area contributed by atoms with E-state index in [1.807, 2.05) is 0 Å². The zero-order valence-corrected chi connectivity index (χ0v) is 23.4. The number of benzene rings is 2. The molecule has 0 saturated heterocycles. The molecule has 0 bridgehead atoms. The summed E-state index contributed by atoms with van der Waals surface area (Å²) in [4.78, 5) is 42.5. The van der Waals surface area contributed by atoms with E-state index in [1.54, 1.807) is 62.4 Å². The highest BCUT2D eigenvalue weighted by Crippen LogP contribution is 2.38. The van der Waals surface area contributed by atoms with Crippen molar-refractivity contribution in [2.24, 2.45) is 4.99 Å². The van der Waals surface area contributed by atoms with E-state index < -0.39 is 16.9 Å². The van der Waals surface area contributed by atoms with Gasteiger partial charge < -0.3 is 18.6 Å². The molecule has 210 valence electrons. The minimum absolute atomic E-state index is 0.0265. The summed E-state index contributed by atoms with van der Waals surface area (Å²) in [5.41, 5.74) is 1.42. The van der Waals surface area contributed by atoms with Crippen LogP contribution in [0.5, 0.6) is 11.5 Å². The number of nitrogens with zero attached hydrogens (tertiary/aromatic N) is 3. The molecule has 0 spiro atoms. The molecular weight excluding hydrogens is 550 g/mol. The number of nitro benzene ring substituents is 1. The van der Waals surface area contributed by atoms with Crippen molar-refractivity contribution in [2.75, 3.05) is 20.8 Å². The van der Waals surface area contributed by atoms with Crippen LogP contribution >= 0.6 is 11.3 Å². The van der Waals surface area contributed by atoms with Gasteiger partial charge in [0, 0.05) is 29.3 Å². The number of thiazole rings is 1. The number of hydrogen-bond acceptors (Lipinski definition) is 10. The third-order valence-corrected chi connectivity index (χ3v) is 7.49. The fourth-order valence-electron chi connectivity index (χ4n) is 4.60. The van der Waals surface area contributed by atoms with Crippen molar-refractivity contribution >= 4 is 29.1 Å². The van der Waals surface area contributed by atoms with Gasteiger partial charge in [-0.1, -0.05) is 11.3 Å². The zero-order valence-electron chi connectivity index (χ0n) is 22.6. The van der Waals surface area contributed by atoms with Gasteiger partial charge in [0.25, 0.3) is 11.2 Å². The van der Waals surface area contributed by atoms with Crippen LogP contribution in [0.2, 0.25) is 0 Å². The highest BCUT2D eigenvalue weighted by Gasteiger charge is 2.35. The van der Waals surface area contributed by atoms with Gasteiger partial charge in [-0.15, -0.1) is 0 Å². The Morgan fingerprint density at radius 2 is 1.90 bits per heavy atom. The molecule has 1 atom stereocenters. The van der Waals surface area contributed by atoms with Gasteiger partial charge in [0.05, 0.1) is 41.6 Å². The van der Waals surface area contributed by atoms with Crippen LogP contribution in [0.4, 0.5) is 5.69 Å². The Kier molecular flexibility index (Phi) is 7.58. The van der Waals surface area contributed by atoms with Crippen LogP contribution < -0.4 is 24.4 Å². The second-order valence-electron chi connectivity index (χ2n) is 8.92. The summed E-state index contributed by atoms with van der Waals surface area (Å²) in [6.07, 6.45) is 1.60. The number of carbonyl (C=O) groups excluding carboxylic acids is 1. The number of allylic oxidation sites excluding steroid dienone is 1. The molecule has 0 fully saturated rings. The fourth-order valence-corrected chi connectivity index (χ4v) is 5.63. The summed E-state index contributed by atoms with van der Waals surface area (Å²) in [7, 11) is 3.04. The first-order valence-corrected chi connectivity index (χ1v) is 13.3. The summed E-state index contributed by atoms with van der Waals surface area (Å²) < 4.78 is 24.1. The highest BCUT2D eigenvalue weighted by atomic mass is 32.1. The molecule has 0 amide bonds. The van der Waals surface area contributed by atoms with Gasteiger partial charge in [-0.05, 0) is 56.3 Å². The van der Waals surface area contributed by atoms with Crippen LogP contribution in [0.3, 0.4) is 0 Å². The van der Waals surface area contributed by atoms with Crippen LogP contribution in [0.1, 0.15) is 31.2 Å². The Bertz CT molecular complexity index is 1860. The number of nitro groups is 1. The Morgan fingerprint density at radius 1 is 1.15 bits per heavy atom. The van der Waals surface area contributed by atoms with Gasteiger partial charge in [0.1, 0.15) is 29.1 Å². The first kappa shape index (κ1) is 27.6.